The van der Waals surface area contributed by atoms with E-state index in [0.29, 0.717) is 11.7 Å². The van der Waals surface area contributed by atoms with Gasteiger partial charge in [-0.05, 0) is 43.9 Å². The first-order chi connectivity index (χ1) is 8.72. The molecule has 2 nitrogen and oxygen atoms in total. The minimum atomic E-state index is 0.0787. The summed E-state index contributed by atoms with van der Waals surface area (Å²) in [6.07, 6.45) is 6.26. The van der Waals surface area contributed by atoms with Gasteiger partial charge in [-0.25, -0.2) is 0 Å². The molecule has 0 aromatic heterocycles. The van der Waals surface area contributed by atoms with Crippen molar-refractivity contribution in [2.75, 3.05) is 0 Å². The molecule has 2 heteroatoms. The van der Waals surface area contributed by atoms with Crippen LogP contribution in [0.25, 0.3) is 0 Å². The first-order valence-corrected chi connectivity index (χ1v) is 6.73. The van der Waals surface area contributed by atoms with E-state index in [-0.39, 0.29) is 5.78 Å². The summed E-state index contributed by atoms with van der Waals surface area (Å²) in [6, 6.07) is 7.50. The molecule has 18 heavy (non-hydrogen) atoms. The number of allylic oxidation sites excluding steroid dienone is 2. The molecule has 1 saturated carbocycles. The van der Waals surface area contributed by atoms with E-state index in [2.05, 4.69) is 13.8 Å². The van der Waals surface area contributed by atoms with E-state index in [4.69, 9.17) is 4.74 Å². The summed E-state index contributed by atoms with van der Waals surface area (Å²) in [7, 11) is 0. The van der Waals surface area contributed by atoms with Crippen molar-refractivity contribution in [2.24, 2.45) is 0 Å². The lowest BCUT2D eigenvalue weighted by atomic mass is 10.0. The monoisotopic (exact) mass is 244 g/mol. The molecule has 0 aliphatic heterocycles. The Labute approximate surface area is 109 Å². The van der Waals surface area contributed by atoms with Gasteiger partial charge in [0.1, 0.15) is 5.75 Å². The molecule has 0 N–H and O–H groups in total. The maximum absolute atomic E-state index is 12.1. The predicted octanol–water partition coefficient (Wildman–Crippen LogP) is 4.16. The van der Waals surface area contributed by atoms with Gasteiger partial charge in [0.25, 0.3) is 0 Å². The van der Waals surface area contributed by atoms with E-state index in [9.17, 15) is 4.79 Å². The lowest BCUT2D eigenvalue weighted by Gasteiger charge is -2.06. The summed E-state index contributed by atoms with van der Waals surface area (Å²) >= 11 is 0. The molecular formula is C16H20O2. The Morgan fingerprint density at radius 3 is 2.67 bits per heavy atom. The number of ketones is 1. The number of carbonyl (C=O) groups excluding carboxylic acids is 1. The smallest absolute Gasteiger partial charge is 0.185 e. The van der Waals surface area contributed by atoms with E-state index in [1.807, 2.05) is 24.3 Å². The van der Waals surface area contributed by atoms with Crippen molar-refractivity contribution >= 4 is 5.78 Å². The predicted molar refractivity (Wildman–Crippen MR) is 73.1 cm³/mol. The van der Waals surface area contributed by atoms with Crippen LogP contribution in [0.15, 0.2) is 35.9 Å². The van der Waals surface area contributed by atoms with Crippen molar-refractivity contribution in [2.45, 2.75) is 45.6 Å². The molecule has 1 fully saturated rings. The van der Waals surface area contributed by atoms with Gasteiger partial charge < -0.3 is 4.74 Å². The number of hydrogen-bond acceptors (Lipinski definition) is 2. The van der Waals surface area contributed by atoms with Gasteiger partial charge in [-0.1, -0.05) is 31.6 Å². The van der Waals surface area contributed by atoms with Crippen LogP contribution < -0.4 is 4.74 Å². The van der Waals surface area contributed by atoms with E-state index in [1.54, 1.807) is 6.08 Å². The van der Waals surface area contributed by atoms with Crippen molar-refractivity contribution < 1.29 is 9.53 Å². The maximum Gasteiger partial charge on any atom is 0.185 e. The Bertz CT molecular complexity index is 450. The highest BCUT2D eigenvalue weighted by atomic mass is 16.5. The van der Waals surface area contributed by atoms with E-state index < -0.39 is 0 Å². The van der Waals surface area contributed by atoms with E-state index in [0.717, 1.165) is 31.4 Å². The summed E-state index contributed by atoms with van der Waals surface area (Å²) in [4.78, 5) is 12.1. The SMILES string of the molecule is CCC(=CC(=O)c1cccc(OC2CC2)c1)CC. The van der Waals surface area contributed by atoms with Crippen LogP contribution in [0.5, 0.6) is 5.75 Å². The van der Waals surface area contributed by atoms with Crippen molar-refractivity contribution in [3.05, 3.63) is 41.5 Å². The minimum absolute atomic E-state index is 0.0787. The summed E-state index contributed by atoms with van der Waals surface area (Å²) in [5.41, 5.74) is 1.90. The maximum atomic E-state index is 12.1. The molecule has 1 aromatic rings. The molecule has 0 spiro atoms. The van der Waals surface area contributed by atoms with Crippen LogP contribution in [0.2, 0.25) is 0 Å². The zero-order chi connectivity index (χ0) is 13.0. The molecule has 1 aliphatic carbocycles. The fraction of sp³-hybridized carbons (Fsp3) is 0.438. The van der Waals surface area contributed by atoms with E-state index in [1.165, 1.54) is 5.57 Å². The molecule has 0 radical (unpaired) electrons. The molecule has 0 amide bonds. The van der Waals surface area contributed by atoms with Crippen LogP contribution in [0.1, 0.15) is 49.9 Å². The highest BCUT2D eigenvalue weighted by Crippen LogP contribution is 2.27. The Hall–Kier alpha value is -1.57. The van der Waals surface area contributed by atoms with Crippen LogP contribution in [-0.2, 0) is 0 Å². The molecule has 0 heterocycles. The van der Waals surface area contributed by atoms with Gasteiger partial charge in [-0.15, -0.1) is 0 Å². The topological polar surface area (TPSA) is 26.3 Å². The molecule has 1 aliphatic rings. The van der Waals surface area contributed by atoms with Gasteiger partial charge in [0, 0.05) is 5.56 Å². The fourth-order valence-corrected chi connectivity index (χ4v) is 1.82. The van der Waals surface area contributed by atoms with Crippen molar-refractivity contribution in [3.8, 4) is 5.75 Å². The summed E-state index contributed by atoms with van der Waals surface area (Å²) in [5, 5.41) is 0. The molecule has 0 unspecified atom stereocenters. The zero-order valence-corrected chi connectivity index (χ0v) is 11.1. The quantitative estimate of drug-likeness (QED) is 0.555. The fourth-order valence-electron chi connectivity index (χ4n) is 1.82. The molecule has 96 valence electrons. The highest BCUT2D eigenvalue weighted by Gasteiger charge is 2.23. The Morgan fingerprint density at radius 1 is 1.33 bits per heavy atom. The number of rotatable bonds is 6. The van der Waals surface area contributed by atoms with Crippen LogP contribution in [0.3, 0.4) is 0 Å². The first-order valence-electron chi connectivity index (χ1n) is 6.73. The third-order valence-corrected chi connectivity index (χ3v) is 3.19. The normalized spacial score (nSPS) is 14.1. The summed E-state index contributed by atoms with van der Waals surface area (Å²) in [6.45, 7) is 4.16. The largest absolute Gasteiger partial charge is 0.490 e. The molecular weight excluding hydrogens is 224 g/mol. The van der Waals surface area contributed by atoms with Gasteiger partial charge in [0.2, 0.25) is 0 Å². The standard InChI is InChI=1S/C16H20O2/c1-3-12(4-2)10-16(17)13-6-5-7-15(11-13)18-14-8-9-14/h5-7,10-11,14H,3-4,8-9H2,1-2H3. The van der Waals surface area contributed by atoms with Crippen LogP contribution in [0.4, 0.5) is 0 Å². The second-order valence-corrected chi connectivity index (χ2v) is 4.72. The van der Waals surface area contributed by atoms with Crippen molar-refractivity contribution in [3.63, 3.8) is 0 Å². The lowest BCUT2D eigenvalue weighted by Crippen LogP contribution is -2.00. The highest BCUT2D eigenvalue weighted by molar-refractivity contribution is 6.05. The molecule has 0 saturated heterocycles. The minimum Gasteiger partial charge on any atom is -0.490 e. The molecule has 1 aromatic carbocycles. The van der Waals surface area contributed by atoms with Crippen molar-refractivity contribution in [1.29, 1.82) is 0 Å². The van der Waals surface area contributed by atoms with Gasteiger partial charge >= 0.3 is 0 Å². The lowest BCUT2D eigenvalue weighted by molar-refractivity contribution is 0.104. The van der Waals surface area contributed by atoms with Crippen LogP contribution in [-0.4, -0.2) is 11.9 Å². The number of hydrogen-bond donors (Lipinski definition) is 0. The molecule has 0 bridgehead atoms. The van der Waals surface area contributed by atoms with Crippen molar-refractivity contribution in [1.82, 2.24) is 0 Å². The summed E-state index contributed by atoms with van der Waals surface area (Å²) in [5.74, 6) is 0.890. The zero-order valence-electron chi connectivity index (χ0n) is 11.1. The second-order valence-electron chi connectivity index (χ2n) is 4.72. The van der Waals surface area contributed by atoms with Gasteiger partial charge in [-0.2, -0.15) is 0 Å². The Kier molecular flexibility index (Phi) is 4.19. The molecule has 0 atom stereocenters. The number of benzene rings is 1. The average molecular weight is 244 g/mol. The van der Waals surface area contributed by atoms with Crippen LogP contribution >= 0.6 is 0 Å². The first kappa shape index (κ1) is 12.9. The third kappa shape index (κ3) is 3.46. The van der Waals surface area contributed by atoms with Gasteiger partial charge in [-0.3, -0.25) is 4.79 Å². The summed E-state index contributed by atoms with van der Waals surface area (Å²) < 4.78 is 5.70. The number of carbonyl (C=O) groups is 1. The van der Waals surface area contributed by atoms with Gasteiger partial charge in [0.05, 0.1) is 6.10 Å². The third-order valence-electron chi connectivity index (χ3n) is 3.19. The van der Waals surface area contributed by atoms with E-state index >= 15 is 0 Å². The average Bonchev–Trinajstić information content (AvgIpc) is 3.20. The van der Waals surface area contributed by atoms with Crippen LogP contribution in [0, 0.1) is 0 Å². The Morgan fingerprint density at radius 2 is 2.06 bits per heavy atom. The second kappa shape index (κ2) is 5.85. The molecule has 2 rings (SSSR count). The Balaban J connectivity index is 2.11. The number of ether oxygens (including phenoxy) is 1. The van der Waals surface area contributed by atoms with Gasteiger partial charge in [0.15, 0.2) is 5.78 Å².